The largest absolute Gasteiger partial charge is 0.382 e. The van der Waals surface area contributed by atoms with Crippen molar-refractivity contribution in [3.8, 4) is 0 Å². The van der Waals surface area contributed by atoms with E-state index in [1.807, 2.05) is 12.1 Å². The van der Waals surface area contributed by atoms with Crippen LogP contribution in [0.4, 0.5) is 0 Å². The molecule has 2 aliphatic heterocycles. The monoisotopic (exact) mass is 382 g/mol. The molecule has 0 saturated carbocycles. The highest BCUT2D eigenvalue weighted by molar-refractivity contribution is 5.22. The number of fused-ring (bicyclic) bond motifs is 4. The Morgan fingerprint density at radius 2 is 1.86 bits per heavy atom. The Labute approximate surface area is 166 Å². The molecule has 2 aromatic rings. The van der Waals surface area contributed by atoms with Crippen LogP contribution in [0.15, 0.2) is 53.3 Å². The SMILES string of the molecule is COCCOCCN1C[C@H]2C[C@@H](C1)[C@H](Cc1ccccc1)n1c2cccc1=O. The molecule has 0 spiro atoms. The van der Waals surface area contributed by atoms with Gasteiger partial charge in [-0.25, -0.2) is 0 Å². The number of hydrogen-bond donors (Lipinski definition) is 0. The van der Waals surface area contributed by atoms with Crippen LogP contribution >= 0.6 is 0 Å². The van der Waals surface area contributed by atoms with Crippen LogP contribution in [0.3, 0.4) is 0 Å². The number of methoxy groups -OCH3 is 1. The molecule has 0 amide bonds. The molecule has 2 bridgehead atoms. The van der Waals surface area contributed by atoms with Gasteiger partial charge in [0, 0.05) is 50.5 Å². The van der Waals surface area contributed by atoms with Gasteiger partial charge in [-0.15, -0.1) is 0 Å². The quantitative estimate of drug-likeness (QED) is 0.659. The maximum absolute atomic E-state index is 12.8. The summed E-state index contributed by atoms with van der Waals surface area (Å²) in [7, 11) is 1.70. The normalized spacial score (nSPS) is 24.1. The first-order valence-corrected chi connectivity index (χ1v) is 10.3. The summed E-state index contributed by atoms with van der Waals surface area (Å²) in [5, 5.41) is 0. The van der Waals surface area contributed by atoms with Crippen LogP contribution in [0.5, 0.6) is 0 Å². The second kappa shape index (κ2) is 9.03. The van der Waals surface area contributed by atoms with Crippen LogP contribution in [-0.2, 0) is 15.9 Å². The first-order valence-electron chi connectivity index (χ1n) is 10.3. The molecule has 0 aliphatic carbocycles. The van der Waals surface area contributed by atoms with Gasteiger partial charge in [0.15, 0.2) is 0 Å². The average Bonchev–Trinajstić information content (AvgIpc) is 2.72. The molecule has 1 aromatic carbocycles. The molecule has 150 valence electrons. The summed E-state index contributed by atoms with van der Waals surface area (Å²) in [4.78, 5) is 15.3. The van der Waals surface area contributed by atoms with Crippen molar-refractivity contribution in [2.45, 2.75) is 24.8 Å². The first kappa shape index (κ1) is 19.4. The molecular weight excluding hydrogens is 352 g/mol. The number of piperidine rings is 1. The van der Waals surface area contributed by atoms with Crippen LogP contribution in [0.25, 0.3) is 0 Å². The predicted molar refractivity (Wildman–Crippen MR) is 110 cm³/mol. The van der Waals surface area contributed by atoms with E-state index in [9.17, 15) is 4.79 Å². The van der Waals surface area contributed by atoms with Crippen molar-refractivity contribution < 1.29 is 9.47 Å². The van der Waals surface area contributed by atoms with Gasteiger partial charge in [-0.2, -0.15) is 0 Å². The van der Waals surface area contributed by atoms with Gasteiger partial charge in [-0.3, -0.25) is 4.79 Å². The minimum Gasteiger partial charge on any atom is -0.382 e. The fraction of sp³-hybridized carbons (Fsp3) is 0.522. The summed E-state index contributed by atoms with van der Waals surface area (Å²) < 4.78 is 12.8. The summed E-state index contributed by atoms with van der Waals surface area (Å²) in [6.45, 7) is 4.99. The molecule has 4 rings (SSSR count). The van der Waals surface area contributed by atoms with Gasteiger partial charge in [0.05, 0.1) is 19.8 Å². The molecular formula is C23H30N2O3. The van der Waals surface area contributed by atoms with Crippen LogP contribution in [0.1, 0.15) is 29.6 Å². The third kappa shape index (κ3) is 4.22. The number of ether oxygens (including phenoxy) is 2. The van der Waals surface area contributed by atoms with E-state index in [2.05, 4.69) is 39.8 Å². The highest BCUT2D eigenvalue weighted by Crippen LogP contribution is 2.42. The molecule has 28 heavy (non-hydrogen) atoms. The van der Waals surface area contributed by atoms with Gasteiger partial charge >= 0.3 is 0 Å². The minimum atomic E-state index is 0.143. The average molecular weight is 383 g/mol. The molecule has 5 nitrogen and oxygen atoms in total. The molecule has 0 unspecified atom stereocenters. The zero-order valence-electron chi connectivity index (χ0n) is 16.6. The van der Waals surface area contributed by atoms with Crippen molar-refractivity contribution in [1.29, 1.82) is 0 Å². The van der Waals surface area contributed by atoms with Crippen LogP contribution in [0.2, 0.25) is 0 Å². The number of likely N-dealkylation sites (tertiary alicyclic amines) is 1. The number of pyridine rings is 1. The third-order valence-corrected chi connectivity index (χ3v) is 6.15. The third-order valence-electron chi connectivity index (χ3n) is 6.15. The highest BCUT2D eigenvalue weighted by Gasteiger charge is 2.40. The van der Waals surface area contributed by atoms with E-state index in [0.717, 1.165) is 32.7 Å². The van der Waals surface area contributed by atoms with Crippen LogP contribution in [-0.4, -0.2) is 56.0 Å². The van der Waals surface area contributed by atoms with E-state index in [1.54, 1.807) is 13.2 Å². The summed E-state index contributed by atoms with van der Waals surface area (Å²) in [6, 6.07) is 16.6. The van der Waals surface area contributed by atoms with Crippen molar-refractivity contribution in [3.63, 3.8) is 0 Å². The molecule has 2 aliphatic rings. The van der Waals surface area contributed by atoms with Gasteiger partial charge in [-0.05, 0) is 30.4 Å². The molecule has 0 N–H and O–H groups in total. The molecule has 1 fully saturated rings. The van der Waals surface area contributed by atoms with E-state index in [0.29, 0.717) is 25.0 Å². The molecule has 1 saturated heterocycles. The fourth-order valence-electron chi connectivity index (χ4n) is 4.87. The zero-order valence-corrected chi connectivity index (χ0v) is 16.6. The Morgan fingerprint density at radius 1 is 1.00 bits per heavy atom. The number of hydrogen-bond acceptors (Lipinski definition) is 4. The Hall–Kier alpha value is -1.95. The van der Waals surface area contributed by atoms with Crippen molar-refractivity contribution in [1.82, 2.24) is 9.47 Å². The van der Waals surface area contributed by atoms with Crippen LogP contribution in [0, 0.1) is 5.92 Å². The lowest BCUT2D eigenvalue weighted by Crippen LogP contribution is -2.50. The van der Waals surface area contributed by atoms with E-state index in [4.69, 9.17) is 9.47 Å². The number of nitrogens with zero attached hydrogens (tertiary/aromatic N) is 2. The van der Waals surface area contributed by atoms with E-state index < -0.39 is 0 Å². The van der Waals surface area contributed by atoms with E-state index >= 15 is 0 Å². The standard InChI is InChI=1S/C23H30N2O3/c1-27-12-13-28-11-10-24-16-19-15-20(17-24)22(14-18-6-3-2-4-7-18)25-21(19)8-5-9-23(25)26/h2-9,19-20,22H,10-17H2,1H3/t19-,20+,22+/m1/s1. The molecule has 3 atom stereocenters. The Kier molecular flexibility index (Phi) is 6.25. The summed E-state index contributed by atoms with van der Waals surface area (Å²) >= 11 is 0. The maximum atomic E-state index is 12.8. The second-order valence-electron chi connectivity index (χ2n) is 7.97. The van der Waals surface area contributed by atoms with Crippen molar-refractivity contribution in [2.75, 3.05) is 46.6 Å². The first-order chi connectivity index (χ1) is 13.8. The molecule has 1 aromatic heterocycles. The van der Waals surface area contributed by atoms with Gasteiger partial charge in [0.2, 0.25) is 0 Å². The molecule has 3 heterocycles. The number of rotatable bonds is 8. The Bertz CT molecular complexity index is 820. The summed E-state index contributed by atoms with van der Waals surface area (Å²) in [5.41, 5.74) is 2.65. The lowest BCUT2D eigenvalue weighted by atomic mass is 9.76. The molecule has 0 radical (unpaired) electrons. The van der Waals surface area contributed by atoms with Crippen molar-refractivity contribution in [3.05, 3.63) is 70.1 Å². The summed E-state index contributed by atoms with van der Waals surface area (Å²) in [6.07, 6.45) is 2.08. The van der Waals surface area contributed by atoms with E-state index in [-0.39, 0.29) is 11.6 Å². The topological polar surface area (TPSA) is 43.7 Å². The smallest absolute Gasteiger partial charge is 0.251 e. The lowest BCUT2D eigenvalue weighted by Gasteiger charge is -2.47. The molecule has 5 heteroatoms. The predicted octanol–water partition coefficient (Wildman–Crippen LogP) is 2.71. The highest BCUT2D eigenvalue weighted by atomic mass is 16.5. The number of benzene rings is 1. The Balaban J connectivity index is 1.53. The lowest BCUT2D eigenvalue weighted by molar-refractivity contribution is 0.0347. The van der Waals surface area contributed by atoms with Gasteiger partial charge in [0.1, 0.15) is 0 Å². The van der Waals surface area contributed by atoms with Gasteiger partial charge in [-0.1, -0.05) is 36.4 Å². The number of aromatic nitrogens is 1. The maximum Gasteiger partial charge on any atom is 0.251 e. The van der Waals surface area contributed by atoms with Crippen molar-refractivity contribution >= 4 is 0 Å². The minimum absolute atomic E-state index is 0.143. The fourth-order valence-corrected chi connectivity index (χ4v) is 4.87. The van der Waals surface area contributed by atoms with Crippen LogP contribution < -0.4 is 5.56 Å². The summed E-state index contributed by atoms with van der Waals surface area (Å²) in [5.74, 6) is 0.921. The zero-order chi connectivity index (χ0) is 19.3. The Morgan fingerprint density at radius 3 is 2.68 bits per heavy atom. The van der Waals surface area contributed by atoms with Gasteiger partial charge in [0.25, 0.3) is 5.56 Å². The second-order valence-corrected chi connectivity index (χ2v) is 7.97. The van der Waals surface area contributed by atoms with Crippen molar-refractivity contribution in [2.24, 2.45) is 5.92 Å². The van der Waals surface area contributed by atoms with E-state index in [1.165, 1.54) is 17.7 Å². The van der Waals surface area contributed by atoms with Gasteiger partial charge < -0.3 is 18.9 Å².